The molecule has 0 spiro atoms. The van der Waals surface area contributed by atoms with Gasteiger partial charge in [0.15, 0.2) is 18.1 Å². The van der Waals surface area contributed by atoms with Crippen LogP contribution in [0.15, 0.2) is 42.7 Å². The Kier molecular flexibility index (Phi) is 6.19. The number of aromatic nitrogens is 2. The van der Waals surface area contributed by atoms with E-state index < -0.39 is 37.3 Å². The first-order valence-electron chi connectivity index (χ1n) is 10.9. The average molecular weight is 458 g/mol. The van der Waals surface area contributed by atoms with Crippen LogP contribution in [-0.4, -0.2) is 73.9 Å². The van der Waals surface area contributed by atoms with Crippen LogP contribution in [0.5, 0.6) is 11.5 Å². The molecule has 0 saturated carbocycles. The van der Waals surface area contributed by atoms with Crippen molar-refractivity contribution in [3.05, 3.63) is 53.9 Å². The predicted octanol–water partition coefficient (Wildman–Crippen LogP) is 0.324. The van der Waals surface area contributed by atoms with E-state index in [9.17, 15) is 20.4 Å². The number of fused-ring (bicyclic) bond motifs is 2. The smallest absolute Gasteiger partial charge is 0.191 e. The van der Waals surface area contributed by atoms with E-state index in [-0.39, 0.29) is 0 Å². The lowest BCUT2D eigenvalue weighted by atomic mass is 9.99. The summed E-state index contributed by atoms with van der Waals surface area (Å²) in [5.74, 6) is 1.29. The molecular weight excluding hydrogens is 432 g/mol. The molecule has 2 aliphatic rings. The highest BCUT2D eigenvalue weighted by Crippen LogP contribution is 2.29. The van der Waals surface area contributed by atoms with Crippen molar-refractivity contribution in [2.24, 2.45) is 0 Å². The molecule has 1 saturated heterocycles. The summed E-state index contributed by atoms with van der Waals surface area (Å²) in [4.78, 5) is 15.2. The summed E-state index contributed by atoms with van der Waals surface area (Å²) in [6.07, 6.45) is -3.62. The van der Waals surface area contributed by atoms with Crippen LogP contribution in [0.4, 0.5) is 0 Å². The maximum Gasteiger partial charge on any atom is 0.191 e. The highest BCUT2D eigenvalue weighted by atomic mass is 17.2. The number of hydrogen-bond donors (Lipinski definition) is 4. The molecule has 10 nitrogen and oxygen atoms in total. The molecule has 1 fully saturated rings. The fraction of sp³-hybridized carbons (Fsp3) is 0.435. The molecule has 3 aromatic rings. The number of rotatable bonds is 7. The summed E-state index contributed by atoms with van der Waals surface area (Å²) in [7, 11) is 0. The lowest BCUT2D eigenvalue weighted by Crippen LogP contribution is -2.59. The number of para-hydroxylation sites is 1. The maximum absolute atomic E-state index is 10.3. The molecule has 4 N–H and O–H groups in total. The number of aryl methyl sites for hydroxylation is 2. The van der Waals surface area contributed by atoms with Gasteiger partial charge in [-0.1, -0.05) is 18.2 Å². The van der Waals surface area contributed by atoms with E-state index in [2.05, 4.69) is 17.1 Å². The Morgan fingerprint density at radius 3 is 2.85 bits per heavy atom. The molecule has 0 bridgehead atoms. The zero-order valence-corrected chi connectivity index (χ0v) is 17.8. The van der Waals surface area contributed by atoms with E-state index in [0.717, 1.165) is 25.2 Å². The molecule has 1 aromatic heterocycles. The molecule has 0 amide bonds. The second-order valence-corrected chi connectivity index (χ2v) is 8.23. The summed E-state index contributed by atoms with van der Waals surface area (Å²) < 4.78 is 12.6. The molecular formula is C23H26N2O8. The van der Waals surface area contributed by atoms with Gasteiger partial charge in [0.25, 0.3) is 0 Å². The Bertz CT molecular complexity index is 1120. The van der Waals surface area contributed by atoms with Crippen LogP contribution < -0.4 is 9.62 Å². The van der Waals surface area contributed by atoms with E-state index in [1.807, 2.05) is 16.7 Å². The van der Waals surface area contributed by atoms with E-state index in [1.165, 1.54) is 11.1 Å². The van der Waals surface area contributed by atoms with Crippen LogP contribution in [0.2, 0.25) is 0 Å². The van der Waals surface area contributed by atoms with Gasteiger partial charge < -0.3 is 39.4 Å². The van der Waals surface area contributed by atoms with Gasteiger partial charge in [0.2, 0.25) is 0 Å². The molecule has 0 unspecified atom stereocenters. The number of benzene rings is 2. The van der Waals surface area contributed by atoms with Gasteiger partial charge in [-0.25, -0.2) is 4.98 Å². The average Bonchev–Trinajstić information content (AvgIpc) is 3.46. The number of imidazole rings is 1. The van der Waals surface area contributed by atoms with Gasteiger partial charge in [0, 0.05) is 13.0 Å². The molecule has 5 rings (SSSR count). The van der Waals surface area contributed by atoms with Crippen LogP contribution in [0, 0.1) is 0 Å². The molecule has 2 aromatic carbocycles. The van der Waals surface area contributed by atoms with Gasteiger partial charge in [0.1, 0.15) is 29.6 Å². The second-order valence-electron chi connectivity index (χ2n) is 8.23. The van der Waals surface area contributed by atoms with Crippen LogP contribution in [-0.2, 0) is 29.0 Å². The molecule has 3 heterocycles. The van der Waals surface area contributed by atoms with Crippen molar-refractivity contribution in [1.29, 1.82) is 0 Å². The fourth-order valence-corrected chi connectivity index (χ4v) is 4.26. The van der Waals surface area contributed by atoms with Gasteiger partial charge in [-0.15, -0.1) is 0 Å². The van der Waals surface area contributed by atoms with Crippen molar-refractivity contribution in [2.45, 2.75) is 50.1 Å². The van der Waals surface area contributed by atoms with Crippen LogP contribution in [0.3, 0.4) is 0 Å². The maximum atomic E-state index is 10.3. The van der Waals surface area contributed by atoms with Crippen molar-refractivity contribution in [1.82, 2.24) is 9.55 Å². The lowest BCUT2D eigenvalue weighted by Gasteiger charge is -2.38. The fourth-order valence-electron chi connectivity index (χ4n) is 4.26. The third-order valence-corrected chi connectivity index (χ3v) is 6.09. The molecule has 5 atom stereocenters. The minimum absolute atomic E-state index is 0.338. The van der Waals surface area contributed by atoms with Gasteiger partial charge in [0.05, 0.1) is 25.1 Å². The van der Waals surface area contributed by atoms with Crippen molar-refractivity contribution in [3.63, 3.8) is 0 Å². The highest BCUT2D eigenvalue weighted by molar-refractivity contribution is 5.81. The quantitative estimate of drug-likeness (QED) is 0.292. The molecule has 10 heteroatoms. The van der Waals surface area contributed by atoms with Gasteiger partial charge in [-0.2, -0.15) is 4.89 Å². The van der Waals surface area contributed by atoms with E-state index in [4.69, 9.17) is 19.2 Å². The Morgan fingerprint density at radius 1 is 1.12 bits per heavy atom. The van der Waals surface area contributed by atoms with Crippen LogP contribution in [0.25, 0.3) is 11.0 Å². The minimum atomic E-state index is -1.59. The van der Waals surface area contributed by atoms with Crippen molar-refractivity contribution in [3.8, 4) is 11.5 Å². The molecule has 0 aliphatic carbocycles. The normalized spacial score (nSPS) is 26.8. The molecule has 33 heavy (non-hydrogen) atoms. The summed E-state index contributed by atoms with van der Waals surface area (Å²) in [6.45, 7) is 0.808. The first-order valence-corrected chi connectivity index (χ1v) is 10.9. The SMILES string of the molecule is OC[C@H]1O[C@@H](O)[C@H](OOc2cccc3ncn(CCc4ccc5c(c4)CCO5)c23)[C@@H](O)[C@@H]1O. The van der Waals surface area contributed by atoms with Gasteiger partial charge in [-0.05, 0) is 35.7 Å². The minimum Gasteiger partial charge on any atom is -0.493 e. The summed E-state index contributed by atoms with van der Waals surface area (Å²) >= 11 is 0. The van der Waals surface area contributed by atoms with E-state index in [0.29, 0.717) is 23.3 Å². The third kappa shape index (κ3) is 4.29. The molecule has 2 aliphatic heterocycles. The molecule has 0 radical (unpaired) electrons. The van der Waals surface area contributed by atoms with E-state index >= 15 is 0 Å². The summed E-state index contributed by atoms with van der Waals surface area (Å²) in [5.41, 5.74) is 3.79. The number of nitrogens with zero attached hydrogens (tertiary/aromatic N) is 2. The Hall–Kier alpha value is -2.73. The number of ether oxygens (including phenoxy) is 2. The molecule has 176 valence electrons. The van der Waals surface area contributed by atoms with Crippen molar-refractivity contribution < 1.29 is 39.7 Å². The predicted molar refractivity (Wildman–Crippen MR) is 115 cm³/mol. The monoisotopic (exact) mass is 458 g/mol. The third-order valence-electron chi connectivity index (χ3n) is 6.09. The first kappa shape index (κ1) is 22.1. The second kappa shape index (κ2) is 9.26. The zero-order valence-electron chi connectivity index (χ0n) is 17.8. The van der Waals surface area contributed by atoms with Crippen molar-refractivity contribution in [2.75, 3.05) is 13.2 Å². The number of aliphatic hydroxyl groups excluding tert-OH is 4. The number of aliphatic hydroxyl groups is 4. The summed E-state index contributed by atoms with van der Waals surface area (Å²) in [6, 6.07) is 11.5. The first-order chi connectivity index (χ1) is 16.0. The van der Waals surface area contributed by atoms with Crippen molar-refractivity contribution >= 4 is 11.0 Å². The van der Waals surface area contributed by atoms with Gasteiger partial charge >= 0.3 is 0 Å². The largest absolute Gasteiger partial charge is 0.493 e. The summed E-state index contributed by atoms with van der Waals surface area (Å²) in [5, 5.41) is 39.6. The van der Waals surface area contributed by atoms with Crippen LogP contribution >= 0.6 is 0 Å². The highest BCUT2D eigenvalue weighted by Gasteiger charge is 2.45. The Balaban J connectivity index is 1.31. The van der Waals surface area contributed by atoms with Gasteiger partial charge in [-0.3, -0.25) is 0 Å². The topological polar surface area (TPSA) is 136 Å². The Labute approximate surface area is 189 Å². The standard InChI is InChI=1S/C23H26N2O8/c26-11-18-20(27)21(28)22(23(29)31-18)33-32-17-3-1-2-15-19(17)25(12-24-15)8-6-13-4-5-16-14(10-13)7-9-30-16/h1-5,10,12,18,20-23,26-29H,6-9,11H2/t18-,20-,21+,22-,23-/m1/s1. The zero-order chi connectivity index (χ0) is 22.9. The van der Waals surface area contributed by atoms with Crippen LogP contribution in [0.1, 0.15) is 11.1 Å². The lowest BCUT2D eigenvalue weighted by molar-refractivity contribution is -0.364. The Morgan fingerprint density at radius 2 is 2.00 bits per heavy atom. The number of hydrogen-bond acceptors (Lipinski definition) is 9. The van der Waals surface area contributed by atoms with E-state index in [1.54, 1.807) is 18.5 Å².